The van der Waals surface area contributed by atoms with Gasteiger partial charge in [-0.25, -0.2) is 4.98 Å². The summed E-state index contributed by atoms with van der Waals surface area (Å²) in [6, 6.07) is 13.5. The first kappa shape index (κ1) is 22.5. The minimum absolute atomic E-state index is 0.00699. The fraction of sp³-hybridized carbons (Fsp3) is 0.240. The third-order valence-corrected chi connectivity index (χ3v) is 6.73. The highest BCUT2D eigenvalue weighted by Crippen LogP contribution is 2.42. The highest BCUT2D eigenvalue weighted by Gasteiger charge is 2.44. The number of benzene rings is 2. The Morgan fingerprint density at radius 1 is 1.15 bits per heavy atom. The van der Waals surface area contributed by atoms with Crippen LogP contribution in [-0.2, 0) is 11.2 Å². The maximum Gasteiger partial charge on any atom is 0.290 e. The number of nitrogens with zero attached hydrogens (tertiary/aromatic N) is 2. The fourth-order valence-electron chi connectivity index (χ4n) is 4.09. The smallest absolute Gasteiger partial charge is 0.290 e. The van der Waals surface area contributed by atoms with Gasteiger partial charge in [-0.1, -0.05) is 36.4 Å². The van der Waals surface area contributed by atoms with E-state index >= 15 is 0 Å². The first-order chi connectivity index (χ1) is 15.8. The number of ether oxygens (including phenoxy) is 1. The monoisotopic (exact) mass is 464 g/mol. The Morgan fingerprint density at radius 2 is 1.88 bits per heavy atom. The first-order valence-corrected chi connectivity index (χ1v) is 11.3. The minimum Gasteiger partial charge on any atom is -0.504 e. The van der Waals surface area contributed by atoms with Gasteiger partial charge in [-0.05, 0) is 43.5 Å². The maximum atomic E-state index is 13.6. The molecule has 2 N–H and O–H groups in total. The van der Waals surface area contributed by atoms with Gasteiger partial charge in [0.25, 0.3) is 5.91 Å². The second kappa shape index (κ2) is 9.07. The van der Waals surface area contributed by atoms with E-state index in [9.17, 15) is 19.8 Å². The van der Waals surface area contributed by atoms with Crippen molar-refractivity contribution in [2.75, 3.05) is 13.7 Å². The summed E-state index contributed by atoms with van der Waals surface area (Å²) in [5.41, 5.74) is 2.14. The highest BCUT2D eigenvalue weighted by atomic mass is 32.1. The van der Waals surface area contributed by atoms with Crippen molar-refractivity contribution in [2.45, 2.75) is 26.3 Å². The molecule has 2 heterocycles. The van der Waals surface area contributed by atoms with Crippen molar-refractivity contribution in [3.8, 4) is 11.5 Å². The Hall–Kier alpha value is -3.65. The van der Waals surface area contributed by atoms with Gasteiger partial charge in [0.05, 0.1) is 34.3 Å². The molecule has 0 radical (unpaired) electrons. The van der Waals surface area contributed by atoms with Gasteiger partial charge in [-0.3, -0.25) is 9.59 Å². The van der Waals surface area contributed by atoms with E-state index in [0.717, 1.165) is 10.6 Å². The number of hydrogen-bond donors (Lipinski definition) is 2. The summed E-state index contributed by atoms with van der Waals surface area (Å²) >= 11 is 1.23. The number of carbonyl (C=O) groups excluding carboxylic acids is 2. The molecule has 0 spiro atoms. The highest BCUT2D eigenvalue weighted by molar-refractivity contribution is 7.14. The van der Waals surface area contributed by atoms with E-state index in [1.54, 1.807) is 26.0 Å². The molecule has 0 fully saturated rings. The van der Waals surface area contributed by atoms with Crippen molar-refractivity contribution in [3.63, 3.8) is 0 Å². The number of phenolic OH excluding ortho intramolecular Hbond substituents is 1. The second-order valence-corrected chi connectivity index (χ2v) is 9.01. The zero-order valence-electron chi connectivity index (χ0n) is 18.5. The van der Waals surface area contributed by atoms with E-state index in [4.69, 9.17) is 4.74 Å². The summed E-state index contributed by atoms with van der Waals surface area (Å²) in [5, 5.41) is 21.6. The molecule has 0 aliphatic carbocycles. The van der Waals surface area contributed by atoms with Crippen molar-refractivity contribution in [1.29, 1.82) is 0 Å². The van der Waals surface area contributed by atoms with Crippen molar-refractivity contribution in [3.05, 3.63) is 86.6 Å². The molecule has 1 amide bonds. The number of Topliss-reactive ketones (excluding diaryl/α,β-unsaturated/α-hetero) is 1. The second-order valence-electron chi connectivity index (χ2n) is 7.81. The molecule has 8 heteroatoms. The quantitative estimate of drug-likeness (QED) is 0.506. The number of methoxy groups -OCH3 is 1. The molecular formula is C25H24N2O5S. The molecule has 7 nitrogen and oxygen atoms in total. The molecule has 1 unspecified atom stereocenters. The van der Waals surface area contributed by atoms with E-state index in [0.29, 0.717) is 22.6 Å². The average molecular weight is 465 g/mol. The van der Waals surface area contributed by atoms with Crippen LogP contribution in [-0.4, -0.2) is 45.4 Å². The lowest BCUT2D eigenvalue weighted by atomic mass is 9.94. The molecule has 0 saturated heterocycles. The molecule has 3 aromatic rings. The van der Waals surface area contributed by atoms with Gasteiger partial charge in [0.1, 0.15) is 0 Å². The third-order valence-electron chi connectivity index (χ3n) is 5.66. The Morgan fingerprint density at radius 3 is 2.52 bits per heavy atom. The van der Waals surface area contributed by atoms with Crippen LogP contribution in [0.3, 0.4) is 0 Å². The molecule has 0 bridgehead atoms. The van der Waals surface area contributed by atoms with Gasteiger partial charge >= 0.3 is 0 Å². The maximum absolute atomic E-state index is 13.6. The van der Waals surface area contributed by atoms with Crippen LogP contribution < -0.4 is 4.74 Å². The number of aliphatic hydroxyl groups excluding tert-OH is 1. The van der Waals surface area contributed by atoms with Crippen LogP contribution in [0.25, 0.3) is 0 Å². The molecule has 1 aliphatic rings. The lowest BCUT2D eigenvalue weighted by molar-refractivity contribution is -0.129. The molecule has 170 valence electrons. The summed E-state index contributed by atoms with van der Waals surface area (Å²) in [7, 11) is 1.43. The summed E-state index contributed by atoms with van der Waals surface area (Å²) in [6.07, 6.45) is 0.547. The van der Waals surface area contributed by atoms with Gasteiger partial charge in [-0.2, -0.15) is 0 Å². The van der Waals surface area contributed by atoms with Gasteiger partial charge in [0.15, 0.2) is 17.3 Å². The number of phenols is 1. The zero-order valence-corrected chi connectivity index (χ0v) is 19.3. The molecular weight excluding hydrogens is 440 g/mol. The summed E-state index contributed by atoms with van der Waals surface area (Å²) in [4.78, 5) is 32.9. The van der Waals surface area contributed by atoms with Crippen LogP contribution in [0.1, 0.15) is 37.5 Å². The summed E-state index contributed by atoms with van der Waals surface area (Å²) in [5.74, 6) is -1.44. The van der Waals surface area contributed by atoms with E-state index in [1.807, 2.05) is 30.3 Å². The number of rotatable bonds is 7. The lowest BCUT2D eigenvalue weighted by Gasteiger charge is -2.27. The van der Waals surface area contributed by atoms with E-state index in [-0.39, 0.29) is 23.6 Å². The predicted octanol–water partition coefficient (Wildman–Crippen LogP) is 4.30. The Kier molecular flexibility index (Phi) is 6.20. The van der Waals surface area contributed by atoms with E-state index in [2.05, 4.69) is 4.98 Å². The largest absolute Gasteiger partial charge is 0.504 e. The van der Waals surface area contributed by atoms with Crippen molar-refractivity contribution in [1.82, 2.24) is 9.88 Å². The third kappa shape index (κ3) is 4.21. The summed E-state index contributed by atoms with van der Waals surface area (Å²) < 4.78 is 5.24. The normalized spacial score (nSPS) is 15.9. The number of aromatic nitrogens is 1. The van der Waals surface area contributed by atoms with Gasteiger partial charge in [0.2, 0.25) is 5.78 Å². The van der Waals surface area contributed by atoms with Crippen LogP contribution >= 0.6 is 11.3 Å². The number of aromatic hydroxyl groups is 1. The Bertz CT molecular complexity index is 1250. The topological polar surface area (TPSA) is 100.0 Å². The van der Waals surface area contributed by atoms with E-state index < -0.39 is 23.5 Å². The van der Waals surface area contributed by atoms with Crippen LogP contribution in [0, 0.1) is 13.8 Å². The number of ketones is 1. The molecule has 1 aromatic heterocycles. The molecule has 0 saturated carbocycles. The molecule has 4 rings (SSSR count). The average Bonchev–Trinajstić information content (AvgIpc) is 3.28. The minimum atomic E-state index is -0.829. The van der Waals surface area contributed by atoms with E-state index in [1.165, 1.54) is 29.4 Å². The zero-order chi connectivity index (χ0) is 23.7. The lowest BCUT2D eigenvalue weighted by Crippen LogP contribution is -2.33. The van der Waals surface area contributed by atoms with Crippen LogP contribution in [0.5, 0.6) is 11.5 Å². The number of aliphatic hydroxyl groups is 1. The number of hydrogen-bond acceptors (Lipinski definition) is 7. The standard InChI is InChI=1S/C25H24N2O5S/c1-14-24(33-15(2)26-14)22(29)20-21(17-9-10-18(28)19(13-17)32-3)27(25(31)23(20)30)12-11-16-7-5-4-6-8-16/h4-10,13,21,28,30H,11-12H2,1-3H3. The van der Waals surface area contributed by atoms with Crippen molar-refractivity contribution < 1.29 is 24.5 Å². The Labute approximate surface area is 195 Å². The molecule has 1 aliphatic heterocycles. The van der Waals surface area contributed by atoms with Crippen molar-refractivity contribution in [2.24, 2.45) is 0 Å². The number of thiazole rings is 1. The van der Waals surface area contributed by atoms with Crippen LogP contribution in [0.15, 0.2) is 59.9 Å². The molecule has 2 aromatic carbocycles. The number of carbonyl (C=O) groups is 2. The molecule has 1 atom stereocenters. The number of amides is 1. The van der Waals surface area contributed by atoms with Gasteiger partial charge < -0.3 is 19.8 Å². The van der Waals surface area contributed by atoms with Crippen molar-refractivity contribution >= 4 is 23.0 Å². The first-order valence-electron chi connectivity index (χ1n) is 10.5. The number of aryl methyl sites for hydroxylation is 2. The van der Waals surface area contributed by atoms with Gasteiger partial charge in [0, 0.05) is 6.54 Å². The van der Waals surface area contributed by atoms with Crippen LogP contribution in [0.2, 0.25) is 0 Å². The van der Waals surface area contributed by atoms with Crippen LogP contribution in [0.4, 0.5) is 0 Å². The van der Waals surface area contributed by atoms with Gasteiger partial charge in [-0.15, -0.1) is 11.3 Å². The predicted molar refractivity (Wildman–Crippen MR) is 125 cm³/mol. The molecule has 33 heavy (non-hydrogen) atoms. The summed E-state index contributed by atoms with van der Waals surface area (Å²) in [6.45, 7) is 3.83. The SMILES string of the molecule is COc1cc(C2C(C(=O)c3sc(C)nc3C)=C(O)C(=O)N2CCc2ccccc2)ccc1O. The fourth-order valence-corrected chi connectivity index (χ4v) is 4.96. The Balaban J connectivity index is 1.78.